The largest absolute Gasteiger partial charge is 0.473 e. The summed E-state index contributed by atoms with van der Waals surface area (Å²) in [7, 11) is 0. The van der Waals surface area contributed by atoms with Crippen LogP contribution in [0.1, 0.15) is 21.8 Å². The van der Waals surface area contributed by atoms with E-state index in [9.17, 15) is 4.79 Å². The molecule has 27 heavy (non-hydrogen) atoms. The number of ether oxygens (including phenoxy) is 1. The number of benzene rings is 1. The molecule has 0 aliphatic carbocycles. The standard InChI is InChI=1S/C20H19N3O2S2/c1-13-22-18(12-27-13)14-3-2-4-16(9-14)23-20(24)15-5-6-19(21-10-15)25-17-7-8-26-11-17/h2-6,9-10,12,17H,7-8,11H2,1H3,(H,23,24). The van der Waals surface area contributed by atoms with Gasteiger partial charge in [0.2, 0.25) is 5.88 Å². The molecule has 1 N–H and O–H groups in total. The number of amides is 1. The van der Waals surface area contributed by atoms with E-state index in [4.69, 9.17) is 4.74 Å². The number of pyridine rings is 1. The first kappa shape index (κ1) is 18.0. The zero-order valence-electron chi connectivity index (χ0n) is 14.8. The summed E-state index contributed by atoms with van der Waals surface area (Å²) in [5.74, 6) is 2.50. The predicted molar refractivity (Wildman–Crippen MR) is 111 cm³/mol. The molecule has 1 aromatic carbocycles. The van der Waals surface area contributed by atoms with Gasteiger partial charge >= 0.3 is 0 Å². The van der Waals surface area contributed by atoms with Gasteiger partial charge in [-0.05, 0) is 37.3 Å². The number of thioether (sulfide) groups is 1. The Kier molecular flexibility index (Phi) is 5.40. The van der Waals surface area contributed by atoms with Gasteiger partial charge < -0.3 is 10.1 Å². The van der Waals surface area contributed by atoms with Crippen molar-refractivity contribution in [1.82, 2.24) is 9.97 Å². The average molecular weight is 398 g/mol. The Balaban J connectivity index is 1.42. The van der Waals surface area contributed by atoms with Crippen LogP contribution in [-0.2, 0) is 0 Å². The molecule has 1 saturated heterocycles. The number of hydrogen-bond acceptors (Lipinski definition) is 6. The van der Waals surface area contributed by atoms with Crippen LogP contribution in [-0.4, -0.2) is 33.5 Å². The van der Waals surface area contributed by atoms with Gasteiger partial charge in [0.1, 0.15) is 6.10 Å². The summed E-state index contributed by atoms with van der Waals surface area (Å²) in [6, 6.07) is 11.2. The molecule has 1 amide bonds. The summed E-state index contributed by atoms with van der Waals surface area (Å²) in [6.07, 6.45) is 2.82. The van der Waals surface area contributed by atoms with Crippen LogP contribution in [0.15, 0.2) is 48.0 Å². The Labute approximate surface area is 166 Å². The first-order chi connectivity index (χ1) is 13.2. The second-order valence-corrected chi connectivity index (χ2v) is 8.49. The fraction of sp³-hybridized carbons (Fsp3) is 0.250. The third-order valence-corrected chi connectivity index (χ3v) is 6.11. The minimum atomic E-state index is -0.197. The molecular weight excluding hydrogens is 378 g/mol. The highest BCUT2D eigenvalue weighted by Crippen LogP contribution is 2.25. The summed E-state index contributed by atoms with van der Waals surface area (Å²) < 4.78 is 5.83. The summed E-state index contributed by atoms with van der Waals surface area (Å²) in [5.41, 5.74) is 3.12. The molecule has 0 saturated carbocycles. The van der Waals surface area contributed by atoms with Crippen LogP contribution in [0, 0.1) is 6.92 Å². The molecule has 7 heteroatoms. The summed E-state index contributed by atoms with van der Waals surface area (Å²) >= 11 is 3.50. The minimum absolute atomic E-state index is 0.197. The van der Waals surface area contributed by atoms with Gasteiger partial charge in [0.05, 0.1) is 16.3 Å². The summed E-state index contributed by atoms with van der Waals surface area (Å²) in [4.78, 5) is 21.3. The van der Waals surface area contributed by atoms with E-state index in [1.165, 1.54) is 0 Å². The fourth-order valence-electron chi connectivity index (χ4n) is 2.82. The molecule has 1 unspecified atom stereocenters. The third kappa shape index (κ3) is 4.48. The Hall–Kier alpha value is -2.38. The van der Waals surface area contributed by atoms with Gasteiger partial charge in [-0.2, -0.15) is 11.8 Å². The SMILES string of the molecule is Cc1nc(-c2cccc(NC(=O)c3ccc(OC4CCSC4)nc3)c2)cs1. The van der Waals surface area contributed by atoms with Crippen LogP contribution in [0.2, 0.25) is 0 Å². The molecule has 5 nitrogen and oxygen atoms in total. The van der Waals surface area contributed by atoms with E-state index in [0.29, 0.717) is 11.4 Å². The molecule has 1 atom stereocenters. The number of anilines is 1. The number of carbonyl (C=O) groups is 1. The zero-order chi connectivity index (χ0) is 18.6. The number of rotatable bonds is 5. The highest BCUT2D eigenvalue weighted by atomic mass is 32.2. The van der Waals surface area contributed by atoms with Crippen molar-refractivity contribution in [2.75, 3.05) is 16.8 Å². The molecule has 0 spiro atoms. The Morgan fingerprint density at radius 2 is 2.22 bits per heavy atom. The molecule has 1 aliphatic heterocycles. The van der Waals surface area contributed by atoms with E-state index in [1.807, 2.05) is 48.3 Å². The van der Waals surface area contributed by atoms with Crippen LogP contribution in [0.25, 0.3) is 11.3 Å². The monoisotopic (exact) mass is 397 g/mol. The fourth-order valence-corrected chi connectivity index (χ4v) is 4.53. The topological polar surface area (TPSA) is 64.1 Å². The van der Waals surface area contributed by atoms with Crippen LogP contribution in [0.3, 0.4) is 0 Å². The zero-order valence-corrected chi connectivity index (χ0v) is 16.5. The van der Waals surface area contributed by atoms with Crippen molar-refractivity contribution in [1.29, 1.82) is 0 Å². The Bertz CT molecular complexity index is 934. The Morgan fingerprint density at radius 3 is 2.93 bits per heavy atom. The van der Waals surface area contributed by atoms with Crippen LogP contribution in [0.4, 0.5) is 5.69 Å². The van der Waals surface area contributed by atoms with Crippen LogP contribution in [0.5, 0.6) is 5.88 Å². The van der Waals surface area contributed by atoms with E-state index in [1.54, 1.807) is 29.7 Å². The quantitative estimate of drug-likeness (QED) is 0.679. The molecule has 138 valence electrons. The van der Waals surface area contributed by atoms with Gasteiger partial charge in [-0.1, -0.05) is 12.1 Å². The number of aromatic nitrogens is 2. The highest BCUT2D eigenvalue weighted by molar-refractivity contribution is 7.99. The second-order valence-electron chi connectivity index (χ2n) is 6.28. The molecule has 4 rings (SSSR count). The van der Waals surface area contributed by atoms with Crippen molar-refractivity contribution in [3.63, 3.8) is 0 Å². The number of thiazole rings is 1. The Morgan fingerprint density at radius 1 is 1.30 bits per heavy atom. The number of carbonyl (C=O) groups excluding carboxylic acids is 1. The van der Waals surface area contributed by atoms with Crippen molar-refractivity contribution in [3.8, 4) is 17.1 Å². The molecule has 2 aromatic heterocycles. The predicted octanol–water partition coefficient (Wildman–Crippen LogP) is 4.65. The van der Waals surface area contributed by atoms with Crippen molar-refractivity contribution in [3.05, 3.63) is 58.5 Å². The average Bonchev–Trinajstić information content (AvgIpc) is 3.34. The van der Waals surface area contributed by atoms with Crippen molar-refractivity contribution in [2.24, 2.45) is 0 Å². The van der Waals surface area contributed by atoms with Gasteiger partial charge in [0.25, 0.3) is 5.91 Å². The lowest BCUT2D eigenvalue weighted by Gasteiger charge is -2.11. The van der Waals surface area contributed by atoms with Crippen molar-refractivity contribution < 1.29 is 9.53 Å². The number of aryl methyl sites for hydroxylation is 1. The van der Waals surface area contributed by atoms with Crippen molar-refractivity contribution >= 4 is 34.7 Å². The maximum absolute atomic E-state index is 12.5. The maximum Gasteiger partial charge on any atom is 0.257 e. The molecule has 1 fully saturated rings. The van der Waals surface area contributed by atoms with Crippen molar-refractivity contribution in [2.45, 2.75) is 19.4 Å². The van der Waals surface area contributed by atoms with Gasteiger partial charge in [-0.3, -0.25) is 4.79 Å². The van der Waals surface area contributed by atoms with Gasteiger partial charge in [0.15, 0.2) is 0 Å². The van der Waals surface area contributed by atoms with E-state index in [0.717, 1.165) is 39.9 Å². The lowest BCUT2D eigenvalue weighted by molar-refractivity contribution is 0.102. The third-order valence-electron chi connectivity index (χ3n) is 4.21. The molecule has 0 radical (unpaired) electrons. The van der Waals surface area contributed by atoms with E-state index < -0.39 is 0 Å². The lowest BCUT2D eigenvalue weighted by atomic mass is 10.1. The minimum Gasteiger partial charge on any atom is -0.473 e. The summed E-state index contributed by atoms with van der Waals surface area (Å²) in [6.45, 7) is 1.98. The number of hydrogen-bond donors (Lipinski definition) is 1. The maximum atomic E-state index is 12.5. The van der Waals surface area contributed by atoms with E-state index in [2.05, 4.69) is 15.3 Å². The molecule has 3 aromatic rings. The van der Waals surface area contributed by atoms with Crippen LogP contribution >= 0.6 is 23.1 Å². The smallest absolute Gasteiger partial charge is 0.257 e. The number of nitrogens with zero attached hydrogens (tertiary/aromatic N) is 2. The van der Waals surface area contributed by atoms with Gasteiger partial charge in [0, 0.05) is 34.6 Å². The second kappa shape index (κ2) is 8.10. The van der Waals surface area contributed by atoms with Gasteiger partial charge in [-0.25, -0.2) is 9.97 Å². The highest BCUT2D eigenvalue weighted by Gasteiger charge is 2.17. The molecule has 1 aliphatic rings. The lowest BCUT2D eigenvalue weighted by Crippen LogP contribution is -2.16. The first-order valence-corrected chi connectivity index (χ1v) is 10.8. The van der Waals surface area contributed by atoms with E-state index in [-0.39, 0.29) is 12.0 Å². The molecule has 0 bridgehead atoms. The van der Waals surface area contributed by atoms with E-state index >= 15 is 0 Å². The normalized spacial score (nSPS) is 16.3. The summed E-state index contributed by atoms with van der Waals surface area (Å²) in [5, 5.41) is 5.95. The van der Waals surface area contributed by atoms with Crippen LogP contribution < -0.4 is 10.1 Å². The molecule has 3 heterocycles. The molecular formula is C20H19N3O2S2. The number of nitrogens with one attached hydrogen (secondary N) is 1. The first-order valence-electron chi connectivity index (χ1n) is 8.72. The van der Waals surface area contributed by atoms with Gasteiger partial charge in [-0.15, -0.1) is 11.3 Å².